The zero-order chi connectivity index (χ0) is 27.2. The van der Waals surface area contributed by atoms with Crippen LogP contribution < -0.4 is 0 Å². The van der Waals surface area contributed by atoms with Gasteiger partial charge in [-0.3, -0.25) is 6.08 Å². The van der Waals surface area contributed by atoms with Crippen molar-refractivity contribution in [1.29, 1.82) is 0 Å². The Labute approximate surface area is 264 Å². The van der Waals surface area contributed by atoms with Crippen molar-refractivity contribution in [3.05, 3.63) is 114 Å². The molecule has 0 spiro atoms. The van der Waals surface area contributed by atoms with Gasteiger partial charge in [0.25, 0.3) is 0 Å². The molecule has 0 saturated heterocycles. The molecule has 1 aliphatic rings. The standard InChI is InChI=1S/C21H25.C10H12.C5H5.2ClH.Hf/c1-20(2,3)16-7-9-18-14(12-16)11-15-13-17(21(4,5)6)8-10-19(15)18;1-9(2)8-10-6-4-3-5-7-10;1-2-4-5-3-1;;;/h7-13H,1-6H3;3-7,9H,1-2H3;1-3H,4H2;2*1H;/q-1;;-1;;;+2. The summed E-state index contributed by atoms with van der Waals surface area (Å²) in [7, 11) is 0. The van der Waals surface area contributed by atoms with Gasteiger partial charge in [-0.2, -0.15) is 6.08 Å². The van der Waals surface area contributed by atoms with E-state index in [1.165, 1.54) is 62.1 Å². The maximum atomic E-state index is 2.99. The van der Waals surface area contributed by atoms with Crippen LogP contribution in [0, 0.1) is 12.0 Å². The predicted octanol–water partition coefficient (Wildman–Crippen LogP) is 10.9. The molecule has 0 bridgehead atoms. The Bertz CT molecular complexity index is 1310. The molecule has 3 heteroatoms. The first kappa shape index (κ1) is 35.4. The van der Waals surface area contributed by atoms with Gasteiger partial charge in [0.2, 0.25) is 0 Å². The molecule has 0 radical (unpaired) electrons. The molecule has 206 valence electrons. The van der Waals surface area contributed by atoms with Gasteiger partial charge in [-0.1, -0.05) is 76.9 Å². The summed E-state index contributed by atoms with van der Waals surface area (Å²) < 4.78 is 1.60. The fourth-order valence-electron chi connectivity index (χ4n) is 4.25. The third-order valence-electron chi connectivity index (χ3n) is 6.68. The minimum atomic E-state index is 0. The Hall–Kier alpha value is -1.67. The third-order valence-corrected chi connectivity index (χ3v) is 9.80. The van der Waals surface area contributed by atoms with Gasteiger partial charge in [0.05, 0.1) is 0 Å². The monoisotopic (exact) mass is 726 g/mol. The molecule has 0 aromatic heterocycles. The topological polar surface area (TPSA) is 0 Å². The minimum Gasteiger partial charge on any atom is -0.273 e. The Morgan fingerprint density at radius 2 is 1.26 bits per heavy atom. The number of allylic oxidation sites excluding steroid dienone is 4. The van der Waals surface area contributed by atoms with Gasteiger partial charge in [0.15, 0.2) is 0 Å². The number of halogens is 2. The van der Waals surface area contributed by atoms with Gasteiger partial charge >= 0.3 is 82.8 Å². The van der Waals surface area contributed by atoms with Crippen LogP contribution in [-0.4, -0.2) is 3.26 Å². The van der Waals surface area contributed by atoms with E-state index in [0.29, 0.717) is 5.92 Å². The van der Waals surface area contributed by atoms with E-state index >= 15 is 0 Å². The maximum absolute atomic E-state index is 2.99. The fraction of sp³-hybridized carbons (Fsp3) is 0.333. The average molecular weight is 726 g/mol. The molecule has 1 aliphatic carbocycles. The number of rotatable bonds is 2. The summed E-state index contributed by atoms with van der Waals surface area (Å²) in [6.45, 7) is 18.2. The second kappa shape index (κ2) is 15.4. The quantitative estimate of drug-likeness (QED) is 0.143. The maximum Gasteiger partial charge on any atom is -0.109 e. The van der Waals surface area contributed by atoms with Gasteiger partial charge in [0, 0.05) is 0 Å². The van der Waals surface area contributed by atoms with Crippen LogP contribution in [0.4, 0.5) is 0 Å². The molecule has 5 rings (SSSR count). The molecule has 0 unspecified atom stereocenters. The molecule has 0 nitrogen and oxygen atoms in total. The summed E-state index contributed by atoms with van der Waals surface area (Å²) in [5, 5.41) is 5.48. The van der Waals surface area contributed by atoms with Gasteiger partial charge in [-0.15, -0.1) is 71.0 Å². The van der Waals surface area contributed by atoms with E-state index < -0.39 is 0 Å². The average Bonchev–Trinajstić information content (AvgIpc) is 3.54. The third kappa shape index (κ3) is 10.0. The van der Waals surface area contributed by atoms with Crippen molar-refractivity contribution in [2.75, 3.05) is 0 Å². The van der Waals surface area contributed by atoms with Crippen molar-refractivity contribution < 1.29 is 23.9 Å². The van der Waals surface area contributed by atoms with Crippen LogP contribution in [0.25, 0.3) is 21.5 Å². The van der Waals surface area contributed by atoms with Crippen molar-refractivity contribution >= 4 is 49.6 Å². The van der Waals surface area contributed by atoms with Crippen LogP contribution in [0.15, 0.2) is 91.0 Å². The van der Waals surface area contributed by atoms with E-state index in [-0.39, 0.29) is 35.6 Å². The Kier molecular flexibility index (Phi) is 13.9. The zero-order valence-corrected chi connectivity index (χ0v) is 30.0. The Morgan fingerprint density at radius 3 is 1.59 bits per heavy atom. The van der Waals surface area contributed by atoms with Crippen molar-refractivity contribution in [1.82, 2.24) is 0 Å². The van der Waals surface area contributed by atoms with E-state index in [2.05, 4.69) is 140 Å². The molecule has 4 aromatic carbocycles. The number of fused-ring (bicyclic) bond motifs is 3. The summed E-state index contributed by atoms with van der Waals surface area (Å²) in [5.74, 6) is 0.712. The van der Waals surface area contributed by atoms with Crippen LogP contribution in [0.3, 0.4) is 0 Å². The first-order chi connectivity index (χ1) is 17.4. The first-order valence-corrected chi connectivity index (χ1v) is 15.2. The minimum absolute atomic E-state index is 0. The molecular weight excluding hydrogens is 682 g/mol. The normalized spacial score (nSPS) is 12.3. The smallest absolute Gasteiger partial charge is 0.109 e. The molecular formula is C36H44Cl2Hf. The van der Waals surface area contributed by atoms with Crippen molar-refractivity contribution in [2.45, 2.75) is 72.6 Å². The largest absolute Gasteiger partial charge is 0.273 e. The summed E-state index contributed by atoms with van der Waals surface area (Å²) in [6.07, 6.45) is 10.0. The summed E-state index contributed by atoms with van der Waals surface area (Å²) >= 11 is 1.18. The first-order valence-electron chi connectivity index (χ1n) is 13.4. The van der Waals surface area contributed by atoms with Crippen molar-refractivity contribution in [2.24, 2.45) is 5.92 Å². The van der Waals surface area contributed by atoms with E-state index in [9.17, 15) is 0 Å². The number of benzene rings is 3. The van der Waals surface area contributed by atoms with E-state index in [1.807, 2.05) is 12.2 Å². The van der Waals surface area contributed by atoms with Gasteiger partial charge in [-0.25, -0.2) is 12.2 Å². The molecule has 0 amide bonds. The van der Waals surface area contributed by atoms with Crippen LogP contribution >= 0.6 is 24.8 Å². The number of hydrogen-bond acceptors (Lipinski definition) is 0. The van der Waals surface area contributed by atoms with Gasteiger partial charge in [0.1, 0.15) is 0 Å². The second-order valence-corrected chi connectivity index (χ2v) is 14.1. The molecule has 0 saturated carbocycles. The fourth-order valence-corrected chi connectivity index (χ4v) is 4.85. The van der Waals surface area contributed by atoms with Crippen LogP contribution in [-0.2, 0) is 34.7 Å². The second-order valence-electron chi connectivity index (χ2n) is 12.2. The Morgan fingerprint density at radius 1 is 0.769 bits per heavy atom. The van der Waals surface area contributed by atoms with Crippen LogP contribution in [0.1, 0.15) is 78.5 Å². The van der Waals surface area contributed by atoms with Crippen LogP contribution in [0.2, 0.25) is 0 Å². The predicted molar refractivity (Wildman–Crippen MR) is 176 cm³/mol. The van der Waals surface area contributed by atoms with Gasteiger partial charge < -0.3 is 0 Å². The zero-order valence-electron chi connectivity index (χ0n) is 24.8. The molecule has 0 atom stereocenters. The van der Waals surface area contributed by atoms with Crippen molar-refractivity contribution in [3.63, 3.8) is 0 Å². The molecule has 39 heavy (non-hydrogen) atoms. The summed E-state index contributed by atoms with van der Waals surface area (Å²) in [6, 6.07) is 26.9. The molecule has 0 fully saturated rings. The number of hydrogen-bond donors (Lipinski definition) is 0. The molecule has 0 heterocycles. The van der Waals surface area contributed by atoms with E-state index in [4.69, 9.17) is 0 Å². The molecule has 4 aromatic rings. The van der Waals surface area contributed by atoms with Gasteiger partial charge in [-0.05, 0) is 10.8 Å². The Balaban J connectivity index is 0.000000354. The van der Waals surface area contributed by atoms with E-state index in [1.54, 1.807) is 3.26 Å². The molecule has 0 aliphatic heterocycles. The molecule has 0 N–H and O–H groups in total. The van der Waals surface area contributed by atoms with Crippen LogP contribution in [0.5, 0.6) is 0 Å². The SMILES string of the molecule is CC(C)(C)c1ccc2c(c1)[cH-]c1cc(C(C)(C)C)ccc12.CC(C)[C](=[Hf+2])c1ccccc1.Cl.Cl.[C-]1=CC=CC1. The summed E-state index contributed by atoms with van der Waals surface area (Å²) in [5.41, 5.74) is 4.64. The summed E-state index contributed by atoms with van der Waals surface area (Å²) in [4.78, 5) is 0. The van der Waals surface area contributed by atoms with E-state index in [0.717, 1.165) is 6.42 Å². The van der Waals surface area contributed by atoms with Crippen molar-refractivity contribution in [3.8, 4) is 0 Å².